The van der Waals surface area contributed by atoms with Crippen molar-refractivity contribution in [2.45, 2.75) is 18.2 Å². The third-order valence-electron chi connectivity index (χ3n) is 2.75. The summed E-state index contributed by atoms with van der Waals surface area (Å²) in [5, 5.41) is 9.21. The highest BCUT2D eigenvalue weighted by Gasteiger charge is 2.09. The van der Waals surface area contributed by atoms with Crippen molar-refractivity contribution >= 4 is 23.1 Å². The molecule has 0 amide bonds. The molecule has 1 heterocycles. The van der Waals surface area contributed by atoms with Crippen LogP contribution < -0.4 is 4.74 Å². The Bertz CT molecular complexity index is 602. The summed E-state index contributed by atoms with van der Waals surface area (Å²) in [4.78, 5) is 6.40. The van der Waals surface area contributed by atoms with E-state index in [1.807, 2.05) is 36.9 Å². The number of hydrogen-bond acceptors (Lipinski definition) is 5. The van der Waals surface area contributed by atoms with Gasteiger partial charge in [0, 0.05) is 16.2 Å². The van der Waals surface area contributed by atoms with Gasteiger partial charge < -0.3 is 4.74 Å². The number of aromatic nitrogens is 1. The Morgan fingerprint density at radius 1 is 1.47 bits per heavy atom. The molecule has 19 heavy (non-hydrogen) atoms. The lowest BCUT2D eigenvalue weighted by atomic mass is 10.2. The number of hydrogen-bond donors (Lipinski definition) is 0. The standard InChI is InChI=1S/C14H14N2OS2/c1-10-13(19-9-16-10)6-7-17-12-4-3-5-14(18-2)11(12)8-15/h3-5,9H,6-7H2,1-2H3. The first kappa shape index (κ1) is 13.9. The number of benzene rings is 1. The molecule has 2 rings (SSSR count). The SMILES string of the molecule is CSc1cccc(OCCc2scnc2C)c1C#N. The highest BCUT2D eigenvalue weighted by molar-refractivity contribution is 7.98. The number of nitriles is 1. The maximum atomic E-state index is 9.21. The van der Waals surface area contributed by atoms with Crippen LogP contribution in [0.4, 0.5) is 0 Å². The Morgan fingerprint density at radius 3 is 2.95 bits per heavy atom. The maximum Gasteiger partial charge on any atom is 0.138 e. The molecule has 3 nitrogen and oxygen atoms in total. The van der Waals surface area contributed by atoms with E-state index in [1.54, 1.807) is 23.1 Å². The zero-order valence-electron chi connectivity index (χ0n) is 10.8. The summed E-state index contributed by atoms with van der Waals surface area (Å²) in [5.41, 5.74) is 3.53. The fourth-order valence-electron chi connectivity index (χ4n) is 1.73. The minimum Gasteiger partial charge on any atom is -0.492 e. The molecule has 0 unspecified atom stereocenters. The van der Waals surface area contributed by atoms with Crippen molar-refractivity contribution in [3.8, 4) is 11.8 Å². The lowest BCUT2D eigenvalue weighted by molar-refractivity contribution is 0.321. The van der Waals surface area contributed by atoms with Gasteiger partial charge in [0.2, 0.25) is 0 Å². The summed E-state index contributed by atoms with van der Waals surface area (Å²) < 4.78 is 5.74. The van der Waals surface area contributed by atoms with Crippen LogP contribution in [-0.4, -0.2) is 17.8 Å². The molecule has 0 saturated heterocycles. The van der Waals surface area contributed by atoms with Crippen LogP contribution in [0.1, 0.15) is 16.1 Å². The van der Waals surface area contributed by atoms with Gasteiger partial charge in [0.25, 0.3) is 0 Å². The minimum absolute atomic E-state index is 0.565. The summed E-state index contributed by atoms with van der Waals surface area (Å²) >= 11 is 3.20. The van der Waals surface area contributed by atoms with Crippen LogP contribution in [0.2, 0.25) is 0 Å². The predicted octanol–water partition coefficient (Wildman–Crippen LogP) is 3.67. The normalized spacial score (nSPS) is 10.2. The molecule has 0 fully saturated rings. The van der Waals surface area contributed by atoms with E-state index < -0.39 is 0 Å². The second-order valence-electron chi connectivity index (χ2n) is 3.90. The Morgan fingerprint density at radius 2 is 2.32 bits per heavy atom. The predicted molar refractivity (Wildman–Crippen MR) is 79.0 cm³/mol. The van der Waals surface area contributed by atoms with E-state index in [0.29, 0.717) is 17.9 Å². The molecule has 0 bridgehead atoms. The van der Waals surface area contributed by atoms with Crippen LogP contribution in [0.25, 0.3) is 0 Å². The molecule has 0 atom stereocenters. The average molecular weight is 290 g/mol. The molecular weight excluding hydrogens is 276 g/mol. The molecule has 5 heteroatoms. The molecule has 0 aliphatic carbocycles. The second-order valence-corrected chi connectivity index (χ2v) is 5.69. The smallest absolute Gasteiger partial charge is 0.138 e. The zero-order chi connectivity index (χ0) is 13.7. The number of rotatable bonds is 5. The second kappa shape index (κ2) is 6.60. The van der Waals surface area contributed by atoms with Crippen LogP contribution in [0.15, 0.2) is 28.6 Å². The van der Waals surface area contributed by atoms with E-state index in [2.05, 4.69) is 11.1 Å². The molecule has 0 saturated carbocycles. The third kappa shape index (κ3) is 3.28. The largest absolute Gasteiger partial charge is 0.492 e. The van der Waals surface area contributed by atoms with Crippen LogP contribution in [0, 0.1) is 18.3 Å². The van der Waals surface area contributed by atoms with Crippen molar-refractivity contribution in [2.75, 3.05) is 12.9 Å². The van der Waals surface area contributed by atoms with Gasteiger partial charge in [0.15, 0.2) is 0 Å². The van der Waals surface area contributed by atoms with Gasteiger partial charge in [-0.15, -0.1) is 23.1 Å². The van der Waals surface area contributed by atoms with Crippen LogP contribution in [-0.2, 0) is 6.42 Å². The van der Waals surface area contributed by atoms with Crippen molar-refractivity contribution in [3.63, 3.8) is 0 Å². The summed E-state index contributed by atoms with van der Waals surface area (Å²) in [6.07, 6.45) is 2.78. The number of thiazole rings is 1. The molecule has 1 aromatic heterocycles. The van der Waals surface area contributed by atoms with Gasteiger partial charge in [0.05, 0.1) is 17.8 Å². The average Bonchev–Trinajstić information content (AvgIpc) is 2.84. The lowest BCUT2D eigenvalue weighted by Crippen LogP contribution is -2.03. The molecule has 1 aromatic carbocycles. The van der Waals surface area contributed by atoms with E-state index in [4.69, 9.17) is 4.74 Å². The molecular formula is C14H14N2OS2. The molecule has 0 aliphatic rings. The number of thioether (sulfide) groups is 1. The quantitative estimate of drug-likeness (QED) is 0.788. The van der Waals surface area contributed by atoms with E-state index >= 15 is 0 Å². The van der Waals surface area contributed by atoms with Gasteiger partial charge in [-0.25, -0.2) is 4.98 Å². The van der Waals surface area contributed by atoms with E-state index in [9.17, 15) is 5.26 Å². The van der Waals surface area contributed by atoms with Gasteiger partial charge in [0.1, 0.15) is 17.4 Å². The monoisotopic (exact) mass is 290 g/mol. The number of nitrogens with zero attached hydrogens (tertiary/aromatic N) is 2. The van der Waals surface area contributed by atoms with E-state index in [-0.39, 0.29) is 0 Å². The van der Waals surface area contributed by atoms with Crippen LogP contribution in [0.3, 0.4) is 0 Å². The maximum absolute atomic E-state index is 9.21. The Labute approximate surface area is 121 Å². The fourth-order valence-corrected chi connectivity index (χ4v) is 3.06. The van der Waals surface area contributed by atoms with E-state index in [0.717, 1.165) is 17.0 Å². The first-order chi connectivity index (χ1) is 9.26. The minimum atomic E-state index is 0.565. The fraction of sp³-hybridized carbons (Fsp3) is 0.286. The topological polar surface area (TPSA) is 45.9 Å². The van der Waals surface area contributed by atoms with Crippen molar-refractivity contribution in [2.24, 2.45) is 0 Å². The first-order valence-electron chi connectivity index (χ1n) is 5.85. The molecule has 0 aliphatic heterocycles. The number of ether oxygens (including phenoxy) is 1. The molecule has 0 N–H and O–H groups in total. The van der Waals surface area contributed by atoms with Crippen molar-refractivity contribution < 1.29 is 4.74 Å². The molecule has 0 radical (unpaired) electrons. The summed E-state index contributed by atoms with van der Waals surface area (Å²) in [6.45, 7) is 2.57. The lowest BCUT2D eigenvalue weighted by Gasteiger charge is -2.09. The summed E-state index contributed by atoms with van der Waals surface area (Å²) in [5.74, 6) is 0.663. The molecule has 2 aromatic rings. The third-order valence-corrected chi connectivity index (χ3v) is 4.53. The highest BCUT2D eigenvalue weighted by Crippen LogP contribution is 2.28. The van der Waals surface area contributed by atoms with Crippen LogP contribution >= 0.6 is 23.1 Å². The van der Waals surface area contributed by atoms with Gasteiger partial charge in [-0.1, -0.05) is 6.07 Å². The van der Waals surface area contributed by atoms with Crippen LogP contribution in [0.5, 0.6) is 5.75 Å². The van der Waals surface area contributed by atoms with Gasteiger partial charge in [-0.05, 0) is 25.3 Å². The summed E-state index contributed by atoms with van der Waals surface area (Å²) in [6, 6.07) is 7.91. The number of aryl methyl sites for hydroxylation is 1. The van der Waals surface area contributed by atoms with Gasteiger partial charge in [-0.2, -0.15) is 5.26 Å². The van der Waals surface area contributed by atoms with Crippen molar-refractivity contribution in [1.29, 1.82) is 5.26 Å². The Kier molecular flexibility index (Phi) is 4.83. The molecule has 98 valence electrons. The zero-order valence-corrected chi connectivity index (χ0v) is 12.5. The highest BCUT2D eigenvalue weighted by atomic mass is 32.2. The molecule has 0 spiro atoms. The summed E-state index contributed by atoms with van der Waals surface area (Å²) in [7, 11) is 0. The first-order valence-corrected chi connectivity index (χ1v) is 7.95. The van der Waals surface area contributed by atoms with Crippen molar-refractivity contribution in [3.05, 3.63) is 39.8 Å². The Hall–Kier alpha value is -1.51. The Balaban J connectivity index is 2.04. The van der Waals surface area contributed by atoms with Gasteiger partial charge in [-0.3, -0.25) is 0 Å². The van der Waals surface area contributed by atoms with Gasteiger partial charge >= 0.3 is 0 Å². The van der Waals surface area contributed by atoms with E-state index in [1.165, 1.54) is 4.88 Å². The van der Waals surface area contributed by atoms with Crippen molar-refractivity contribution in [1.82, 2.24) is 4.98 Å².